The molecule has 0 heterocycles. The maximum atomic E-state index is 10.4. The Kier molecular flexibility index (Phi) is 8.84. The molecule has 1 N–H and O–H groups in total. The number of hydrogen-bond acceptors (Lipinski definition) is 2. The maximum Gasteiger partial charge on any atom is 0.118 e. The number of methoxy groups -OCH3 is 1. The summed E-state index contributed by atoms with van der Waals surface area (Å²) in [6, 6.07) is 7.91. The lowest BCUT2D eigenvalue weighted by atomic mass is 9.96. The van der Waals surface area contributed by atoms with Crippen LogP contribution in [0.4, 0.5) is 0 Å². The summed E-state index contributed by atoms with van der Waals surface area (Å²) in [4.78, 5) is 0. The fourth-order valence-electron chi connectivity index (χ4n) is 2.61. The summed E-state index contributed by atoms with van der Waals surface area (Å²) < 4.78 is 5.17. The molecule has 0 saturated carbocycles. The smallest absolute Gasteiger partial charge is 0.118 e. The first-order chi connectivity index (χ1) is 10.2. The lowest BCUT2D eigenvalue weighted by molar-refractivity contribution is 0.217. The minimum absolute atomic E-state index is 0.366. The van der Waals surface area contributed by atoms with E-state index in [0.717, 1.165) is 29.7 Å². The largest absolute Gasteiger partial charge is 0.497 e. The van der Waals surface area contributed by atoms with Gasteiger partial charge in [-0.05, 0) is 36.6 Å². The zero-order valence-electron chi connectivity index (χ0n) is 13.8. The molecule has 1 unspecified atom stereocenters. The number of hydrogen-bond donors (Lipinski definition) is 1. The van der Waals surface area contributed by atoms with Gasteiger partial charge in [0.15, 0.2) is 0 Å². The van der Waals surface area contributed by atoms with Gasteiger partial charge < -0.3 is 9.84 Å². The van der Waals surface area contributed by atoms with Crippen LogP contribution in [0.3, 0.4) is 0 Å². The summed E-state index contributed by atoms with van der Waals surface area (Å²) in [5, 5.41) is 10.4. The van der Waals surface area contributed by atoms with Crippen molar-refractivity contribution >= 4 is 5.57 Å². The summed E-state index contributed by atoms with van der Waals surface area (Å²) in [7, 11) is 1.67. The van der Waals surface area contributed by atoms with Crippen LogP contribution in [-0.2, 0) is 0 Å². The second-order valence-electron chi connectivity index (χ2n) is 5.54. The fraction of sp³-hybridized carbons (Fsp3) is 0.579. The number of rotatable bonds is 10. The highest BCUT2D eigenvalue weighted by molar-refractivity contribution is 5.68. The molecule has 0 amide bonds. The molecule has 2 nitrogen and oxygen atoms in total. The molecule has 0 saturated heterocycles. The van der Waals surface area contributed by atoms with Gasteiger partial charge in [-0.1, -0.05) is 63.7 Å². The van der Waals surface area contributed by atoms with Crippen LogP contribution >= 0.6 is 0 Å². The third-order valence-electron chi connectivity index (χ3n) is 3.92. The molecule has 0 aliphatic carbocycles. The Morgan fingerprint density at radius 2 is 1.71 bits per heavy atom. The van der Waals surface area contributed by atoms with Gasteiger partial charge in [0.2, 0.25) is 0 Å². The predicted octanol–water partition coefficient (Wildman–Crippen LogP) is 5.21. The van der Waals surface area contributed by atoms with E-state index in [1.54, 1.807) is 7.11 Å². The van der Waals surface area contributed by atoms with Gasteiger partial charge in [0.1, 0.15) is 5.75 Å². The van der Waals surface area contributed by atoms with E-state index in [2.05, 4.69) is 6.92 Å². The number of aliphatic hydroxyl groups is 1. The number of unbranched alkanes of at least 4 members (excludes halogenated alkanes) is 5. The Hall–Kier alpha value is -1.28. The van der Waals surface area contributed by atoms with Gasteiger partial charge in [0, 0.05) is 0 Å². The molecular weight excluding hydrogens is 260 g/mol. The average molecular weight is 290 g/mol. The van der Waals surface area contributed by atoms with Crippen molar-refractivity contribution in [2.45, 2.75) is 64.9 Å². The Balaban J connectivity index is 2.44. The van der Waals surface area contributed by atoms with E-state index in [1.807, 2.05) is 37.3 Å². The molecule has 1 rings (SSSR count). The van der Waals surface area contributed by atoms with Crippen LogP contribution in [0, 0.1) is 0 Å². The minimum Gasteiger partial charge on any atom is -0.497 e. The molecule has 1 aromatic carbocycles. The van der Waals surface area contributed by atoms with E-state index < -0.39 is 0 Å². The average Bonchev–Trinajstić information content (AvgIpc) is 2.52. The Morgan fingerprint density at radius 1 is 1.10 bits per heavy atom. The summed E-state index contributed by atoms with van der Waals surface area (Å²) in [6.07, 6.45) is 10.0. The van der Waals surface area contributed by atoms with E-state index >= 15 is 0 Å². The highest BCUT2D eigenvalue weighted by atomic mass is 16.5. The standard InChI is InChI=1S/C19H30O2/c1-4-6-7-8-9-10-11-19(20)18(5-2)16-12-14-17(21-3)15-13-16/h5,12-15,19-20H,4,6-11H2,1-3H3/b18-5+. The Bertz CT molecular complexity index is 406. The molecule has 0 aromatic heterocycles. The highest BCUT2D eigenvalue weighted by Gasteiger charge is 2.12. The molecule has 21 heavy (non-hydrogen) atoms. The van der Waals surface area contributed by atoms with Crippen molar-refractivity contribution in [3.05, 3.63) is 35.9 Å². The van der Waals surface area contributed by atoms with Crippen molar-refractivity contribution in [3.63, 3.8) is 0 Å². The number of aliphatic hydroxyl groups excluding tert-OH is 1. The lowest BCUT2D eigenvalue weighted by Crippen LogP contribution is -2.09. The molecule has 0 aliphatic heterocycles. The SMILES string of the molecule is C/C=C(\c1ccc(OC)cc1)C(O)CCCCCCCC. The highest BCUT2D eigenvalue weighted by Crippen LogP contribution is 2.24. The molecule has 1 aromatic rings. The van der Waals surface area contributed by atoms with Crippen LogP contribution in [0.15, 0.2) is 30.3 Å². The quantitative estimate of drug-likeness (QED) is 0.599. The molecule has 0 bridgehead atoms. The van der Waals surface area contributed by atoms with Crippen LogP contribution < -0.4 is 4.74 Å². The number of ether oxygens (including phenoxy) is 1. The Labute approximate surface area is 129 Å². The van der Waals surface area contributed by atoms with Crippen molar-refractivity contribution in [1.29, 1.82) is 0 Å². The summed E-state index contributed by atoms with van der Waals surface area (Å²) in [6.45, 7) is 4.22. The van der Waals surface area contributed by atoms with Gasteiger partial charge in [0.05, 0.1) is 13.2 Å². The number of allylic oxidation sites excluding steroid dienone is 1. The van der Waals surface area contributed by atoms with Gasteiger partial charge in [0.25, 0.3) is 0 Å². The van der Waals surface area contributed by atoms with E-state index in [4.69, 9.17) is 4.74 Å². The minimum atomic E-state index is -0.366. The molecule has 2 heteroatoms. The van der Waals surface area contributed by atoms with Crippen molar-refractivity contribution < 1.29 is 9.84 Å². The molecular formula is C19H30O2. The van der Waals surface area contributed by atoms with E-state index in [-0.39, 0.29) is 6.10 Å². The van der Waals surface area contributed by atoms with Gasteiger partial charge in [-0.15, -0.1) is 0 Å². The van der Waals surface area contributed by atoms with Gasteiger partial charge in [-0.3, -0.25) is 0 Å². The predicted molar refractivity (Wildman–Crippen MR) is 90.6 cm³/mol. The fourth-order valence-corrected chi connectivity index (χ4v) is 2.61. The summed E-state index contributed by atoms with van der Waals surface area (Å²) in [5.41, 5.74) is 2.10. The van der Waals surface area contributed by atoms with Crippen LogP contribution in [0.25, 0.3) is 5.57 Å². The molecule has 0 aliphatic rings. The second kappa shape index (κ2) is 10.4. The normalized spacial score (nSPS) is 13.2. The third kappa shape index (κ3) is 6.34. The first-order valence-corrected chi connectivity index (χ1v) is 8.21. The maximum absolute atomic E-state index is 10.4. The van der Waals surface area contributed by atoms with Gasteiger partial charge in [-0.25, -0.2) is 0 Å². The van der Waals surface area contributed by atoms with Crippen LogP contribution in [0.5, 0.6) is 5.75 Å². The van der Waals surface area contributed by atoms with Crippen molar-refractivity contribution in [3.8, 4) is 5.75 Å². The second-order valence-corrected chi connectivity index (χ2v) is 5.54. The first kappa shape index (κ1) is 17.8. The molecule has 1 atom stereocenters. The zero-order valence-corrected chi connectivity index (χ0v) is 13.8. The number of benzene rings is 1. The lowest BCUT2D eigenvalue weighted by Gasteiger charge is -2.15. The van der Waals surface area contributed by atoms with Gasteiger partial charge >= 0.3 is 0 Å². The topological polar surface area (TPSA) is 29.5 Å². The van der Waals surface area contributed by atoms with Crippen molar-refractivity contribution in [2.75, 3.05) is 7.11 Å². The molecule has 118 valence electrons. The van der Waals surface area contributed by atoms with Crippen molar-refractivity contribution in [1.82, 2.24) is 0 Å². The van der Waals surface area contributed by atoms with Gasteiger partial charge in [-0.2, -0.15) is 0 Å². The first-order valence-electron chi connectivity index (χ1n) is 8.21. The van der Waals surface area contributed by atoms with Crippen LogP contribution in [0.2, 0.25) is 0 Å². The zero-order chi connectivity index (χ0) is 15.5. The monoisotopic (exact) mass is 290 g/mol. The molecule has 0 radical (unpaired) electrons. The summed E-state index contributed by atoms with van der Waals surface area (Å²) >= 11 is 0. The summed E-state index contributed by atoms with van der Waals surface area (Å²) in [5.74, 6) is 0.847. The third-order valence-corrected chi connectivity index (χ3v) is 3.92. The Morgan fingerprint density at radius 3 is 2.29 bits per heavy atom. The molecule has 0 fully saturated rings. The van der Waals surface area contributed by atoms with E-state index in [0.29, 0.717) is 0 Å². The van der Waals surface area contributed by atoms with Crippen LogP contribution in [0.1, 0.15) is 64.4 Å². The van der Waals surface area contributed by atoms with Crippen LogP contribution in [-0.4, -0.2) is 18.3 Å². The van der Waals surface area contributed by atoms with E-state index in [1.165, 1.54) is 32.1 Å². The van der Waals surface area contributed by atoms with E-state index in [9.17, 15) is 5.11 Å². The van der Waals surface area contributed by atoms with Crippen molar-refractivity contribution in [2.24, 2.45) is 0 Å². The molecule has 0 spiro atoms.